The fourth-order valence-electron chi connectivity index (χ4n) is 0.966. The standard InChI is InChI=1S/C7H2ClF5IN/c8-5-3(6(9)10)4(7(11,12)13)2(14)1-15-5/h1,6H. The summed E-state index contributed by atoms with van der Waals surface area (Å²) in [5.74, 6) is 0. The lowest BCUT2D eigenvalue weighted by molar-refractivity contribution is -0.140. The molecule has 0 aliphatic rings. The van der Waals surface area contributed by atoms with Crippen molar-refractivity contribution in [3.63, 3.8) is 0 Å². The van der Waals surface area contributed by atoms with Gasteiger partial charge >= 0.3 is 6.18 Å². The molecule has 0 aliphatic heterocycles. The molecule has 1 nitrogen and oxygen atoms in total. The zero-order chi connectivity index (χ0) is 11.8. The third-order valence-electron chi connectivity index (χ3n) is 1.52. The smallest absolute Gasteiger partial charge is 0.243 e. The van der Waals surface area contributed by atoms with Crippen LogP contribution in [0.25, 0.3) is 0 Å². The Balaban J connectivity index is 3.53. The van der Waals surface area contributed by atoms with E-state index in [-0.39, 0.29) is 0 Å². The maximum Gasteiger partial charge on any atom is 0.418 e. The average Bonchev–Trinajstić information content (AvgIpc) is 2.05. The van der Waals surface area contributed by atoms with Crippen molar-refractivity contribution in [3.8, 4) is 0 Å². The van der Waals surface area contributed by atoms with Crippen molar-refractivity contribution in [1.82, 2.24) is 4.98 Å². The van der Waals surface area contributed by atoms with E-state index in [0.29, 0.717) is 0 Å². The van der Waals surface area contributed by atoms with Crippen LogP contribution in [-0.2, 0) is 6.18 Å². The van der Waals surface area contributed by atoms with Crippen molar-refractivity contribution < 1.29 is 22.0 Å². The summed E-state index contributed by atoms with van der Waals surface area (Å²) in [6, 6.07) is 0. The molecule has 8 heteroatoms. The summed E-state index contributed by atoms with van der Waals surface area (Å²) < 4.78 is 61.6. The highest BCUT2D eigenvalue weighted by Crippen LogP contribution is 2.41. The third kappa shape index (κ3) is 2.68. The number of hydrogen-bond acceptors (Lipinski definition) is 1. The maximum atomic E-state index is 12.4. The minimum Gasteiger partial charge on any atom is -0.243 e. The van der Waals surface area contributed by atoms with Crippen LogP contribution in [0.3, 0.4) is 0 Å². The number of nitrogens with zero attached hydrogens (tertiary/aromatic N) is 1. The molecule has 0 aromatic carbocycles. The van der Waals surface area contributed by atoms with E-state index in [0.717, 1.165) is 6.20 Å². The van der Waals surface area contributed by atoms with Crippen LogP contribution in [0, 0.1) is 3.57 Å². The van der Waals surface area contributed by atoms with Gasteiger partial charge in [-0.1, -0.05) is 11.6 Å². The number of aromatic nitrogens is 1. The van der Waals surface area contributed by atoms with Gasteiger partial charge in [0.05, 0.1) is 11.1 Å². The van der Waals surface area contributed by atoms with Crippen LogP contribution >= 0.6 is 34.2 Å². The van der Waals surface area contributed by atoms with Gasteiger partial charge in [-0.25, -0.2) is 13.8 Å². The molecule has 0 atom stereocenters. The number of halogens is 7. The van der Waals surface area contributed by atoms with Gasteiger partial charge in [0.1, 0.15) is 5.15 Å². The van der Waals surface area contributed by atoms with Gasteiger partial charge in [-0.3, -0.25) is 0 Å². The topological polar surface area (TPSA) is 12.9 Å². The van der Waals surface area contributed by atoms with Gasteiger partial charge in [0.15, 0.2) is 0 Å². The highest BCUT2D eigenvalue weighted by Gasteiger charge is 2.39. The third-order valence-corrected chi connectivity index (χ3v) is 2.64. The molecule has 1 aromatic rings. The first kappa shape index (κ1) is 12.9. The first-order valence-corrected chi connectivity index (χ1v) is 4.90. The molecule has 84 valence electrons. The molecule has 0 saturated carbocycles. The van der Waals surface area contributed by atoms with Gasteiger partial charge in [-0.2, -0.15) is 13.2 Å². The summed E-state index contributed by atoms with van der Waals surface area (Å²) in [4.78, 5) is 3.25. The summed E-state index contributed by atoms with van der Waals surface area (Å²) in [6.07, 6.45) is -7.37. The quantitative estimate of drug-likeness (QED) is 0.415. The van der Waals surface area contributed by atoms with Crippen molar-refractivity contribution in [1.29, 1.82) is 0 Å². The van der Waals surface area contributed by atoms with Crippen LogP contribution in [0.2, 0.25) is 5.15 Å². The van der Waals surface area contributed by atoms with Gasteiger partial charge in [-0.15, -0.1) is 0 Å². The van der Waals surface area contributed by atoms with E-state index in [1.807, 2.05) is 0 Å². The van der Waals surface area contributed by atoms with E-state index in [2.05, 4.69) is 4.98 Å². The molecule has 0 aliphatic carbocycles. The van der Waals surface area contributed by atoms with Crippen molar-refractivity contribution >= 4 is 34.2 Å². The zero-order valence-corrected chi connectivity index (χ0v) is 9.66. The van der Waals surface area contributed by atoms with Gasteiger partial charge in [0.2, 0.25) is 0 Å². The summed E-state index contributed by atoms with van der Waals surface area (Å²) >= 11 is 6.49. The predicted octanol–water partition coefficient (Wildman–Crippen LogP) is 4.30. The van der Waals surface area contributed by atoms with Gasteiger partial charge < -0.3 is 0 Å². The highest BCUT2D eigenvalue weighted by atomic mass is 127. The molecule has 0 bridgehead atoms. The normalized spacial score (nSPS) is 12.3. The van der Waals surface area contributed by atoms with Crippen molar-refractivity contribution in [2.24, 2.45) is 0 Å². The molecule has 0 spiro atoms. The lowest BCUT2D eigenvalue weighted by Crippen LogP contribution is -2.13. The molecular formula is C7H2ClF5IN. The lowest BCUT2D eigenvalue weighted by atomic mass is 10.1. The van der Waals surface area contributed by atoms with Gasteiger partial charge in [-0.05, 0) is 22.6 Å². The minimum atomic E-state index is -4.87. The Kier molecular flexibility index (Phi) is 3.75. The molecule has 15 heavy (non-hydrogen) atoms. The van der Waals surface area contributed by atoms with Crippen molar-refractivity contribution in [3.05, 3.63) is 26.0 Å². The molecule has 1 heterocycles. The van der Waals surface area contributed by atoms with Crippen LogP contribution < -0.4 is 0 Å². The number of pyridine rings is 1. The zero-order valence-electron chi connectivity index (χ0n) is 6.75. The Morgan fingerprint density at radius 3 is 2.20 bits per heavy atom. The maximum absolute atomic E-state index is 12.4. The number of hydrogen-bond donors (Lipinski definition) is 0. The van der Waals surface area contributed by atoms with Crippen LogP contribution in [-0.4, -0.2) is 4.98 Å². The molecule has 0 fully saturated rings. The highest BCUT2D eigenvalue weighted by molar-refractivity contribution is 14.1. The Morgan fingerprint density at radius 2 is 1.87 bits per heavy atom. The van der Waals surface area contributed by atoms with Crippen LogP contribution in [0.4, 0.5) is 22.0 Å². The van der Waals surface area contributed by atoms with E-state index < -0.39 is 32.5 Å². The van der Waals surface area contributed by atoms with E-state index in [4.69, 9.17) is 11.6 Å². The Hall–Kier alpha value is -0.180. The lowest BCUT2D eigenvalue weighted by Gasteiger charge is -2.14. The summed E-state index contributed by atoms with van der Waals surface area (Å²) in [5, 5.41) is -0.822. The van der Waals surface area contributed by atoms with Crippen molar-refractivity contribution in [2.75, 3.05) is 0 Å². The average molecular weight is 357 g/mol. The van der Waals surface area contributed by atoms with Gasteiger partial charge in [0, 0.05) is 9.77 Å². The summed E-state index contributed by atoms with van der Waals surface area (Å²) in [6.45, 7) is 0. The van der Waals surface area contributed by atoms with Gasteiger partial charge in [0.25, 0.3) is 6.43 Å². The fourth-order valence-corrected chi connectivity index (χ4v) is 1.93. The number of alkyl halides is 5. The van der Waals surface area contributed by atoms with E-state index in [1.165, 1.54) is 22.6 Å². The Morgan fingerprint density at radius 1 is 1.33 bits per heavy atom. The van der Waals surface area contributed by atoms with E-state index >= 15 is 0 Å². The Labute approximate surface area is 99.8 Å². The molecular weight excluding hydrogens is 355 g/mol. The molecule has 0 radical (unpaired) electrons. The predicted molar refractivity (Wildman–Crippen MR) is 51.9 cm³/mol. The summed E-state index contributed by atoms with van der Waals surface area (Å²) in [5.41, 5.74) is -2.69. The SMILES string of the molecule is FC(F)c1c(Cl)ncc(I)c1C(F)(F)F. The molecule has 0 unspecified atom stereocenters. The molecule has 0 saturated heterocycles. The molecule has 1 rings (SSSR count). The second kappa shape index (κ2) is 4.36. The largest absolute Gasteiger partial charge is 0.418 e. The first-order chi connectivity index (χ1) is 6.75. The van der Waals surface area contributed by atoms with Crippen LogP contribution in [0.1, 0.15) is 17.6 Å². The second-order valence-electron chi connectivity index (χ2n) is 2.48. The minimum absolute atomic E-state index is 0.403. The molecule has 0 N–H and O–H groups in total. The number of rotatable bonds is 1. The van der Waals surface area contributed by atoms with Crippen LogP contribution in [0.15, 0.2) is 6.20 Å². The van der Waals surface area contributed by atoms with Crippen LogP contribution in [0.5, 0.6) is 0 Å². The molecule has 0 amide bonds. The fraction of sp³-hybridized carbons (Fsp3) is 0.286. The second-order valence-corrected chi connectivity index (χ2v) is 4.00. The summed E-state index contributed by atoms with van der Waals surface area (Å²) in [7, 11) is 0. The van der Waals surface area contributed by atoms with Crippen molar-refractivity contribution in [2.45, 2.75) is 12.6 Å². The first-order valence-electron chi connectivity index (χ1n) is 3.44. The molecule has 1 aromatic heterocycles. The van der Waals surface area contributed by atoms with E-state index in [1.54, 1.807) is 0 Å². The van der Waals surface area contributed by atoms with E-state index in [9.17, 15) is 22.0 Å². The monoisotopic (exact) mass is 357 g/mol. The Bertz CT molecular complexity index is 378.